The summed E-state index contributed by atoms with van der Waals surface area (Å²) in [6, 6.07) is 11.4. The number of hydrogen-bond donors (Lipinski definition) is 3. The van der Waals surface area contributed by atoms with E-state index >= 15 is 0 Å². The molecule has 2 aliphatic rings. The van der Waals surface area contributed by atoms with E-state index < -0.39 is 24.5 Å². The van der Waals surface area contributed by atoms with Crippen LogP contribution in [0.1, 0.15) is 25.0 Å². The van der Waals surface area contributed by atoms with Crippen LogP contribution >= 0.6 is 11.8 Å². The zero-order valence-electron chi connectivity index (χ0n) is 20.3. The highest BCUT2D eigenvalue weighted by atomic mass is 32.2. The molecular weight excluding hydrogens is 482 g/mol. The monoisotopic (exact) mass is 514 g/mol. The highest BCUT2D eigenvalue weighted by Gasteiger charge is 2.36. The molecule has 2 fully saturated rings. The van der Waals surface area contributed by atoms with E-state index in [1.807, 2.05) is 65.8 Å². The smallest absolute Gasteiger partial charge is 0.286 e. The van der Waals surface area contributed by atoms with Gasteiger partial charge in [0.1, 0.15) is 0 Å². The van der Waals surface area contributed by atoms with Crippen LogP contribution in [0.4, 0.5) is 5.69 Å². The molecule has 3 atom stereocenters. The Kier molecular flexibility index (Phi) is 8.76. The molecule has 1 aromatic carbocycles. The predicted octanol–water partition coefficient (Wildman–Crippen LogP) is 1.17. The lowest BCUT2D eigenvalue weighted by atomic mass is 10.1. The number of hydrogen-bond acceptors (Lipinski definition) is 8. The molecule has 36 heavy (non-hydrogen) atoms. The Morgan fingerprint density at radius 2 is 1.67 bits per heavy atom. The summed E-state index contributed by atoms with van der Waals surface area (Å²) < 4.78 is 12.8. The van der Waals surface area contributed by atoms with Crippen LogP contribution in [-0.2, 0) is 25.6 Å². The number of thioether (sulfide) groups is 1. The third-order valence-electron chi connectivity index (χ3n) is 6.02. The lowest BCUT2D eigenvalue weighted by molar-refractivity contribution is -0.684. The average molecular weight is 515 g/mol. The van der Waals surface area contributed by atoms with E-state index in [-0.39, 0.29) is 23.9 Å². The number of carbonyl (C=O) groups is 2. The Labute approximate surface area is 214 Å². The van der Waals surface area contributed by atoms with Crippen molar-refractivity contribution in [3.05, 3.63) is 59.9 Å². The number of nitrogens with zero attached hydrogens (tertiary/aromatic N) is 2. The number of β-amino-alcohol motifs (C(OH)–C–C–N with tert-alkyl or cyclic N) is 2. The van der Waals surface area contributed by atoms with Crippen molar-refractivity contribution >= 4 is 40.6 Å². The minimum Gasteiger partial charge on any atom is -0.389 e. The van der Waals surface area contributed by atoms with Gasteiger partial charge in [-0.2, -0.15) is 4.57 Å². The zero-order valence-corrected chi connectivity index (χ0v) is 21.1. The van der Waals surface area contributed by atoms with Gasteiger partial charge in [-0.1, -0.05) is 36.0 Å². The van der Waals surface area contributed by atoms with E-state index in [0.717, 1.165) is 28.6 Å². The second kappa shape index (κ2) is 12.0. The van der Waals surface area contributed by atoms with Crippen LogP contribution in [0.15, 0.2) is 48.8 Å². The summed E-state index contributed by atoms with van der Waals surface area (Å²) in [4.78, 5) is 25.9. The standard InChI is InChI=1S/C26H31N3O6S/c1-17(30)36-16-22(26-34-18(2)35-26)27-25(33)15-28-11-9-20(10-12-28)4-3-19-5-7-21(8-6-19)29-13-23(31)24(32)14-29/h3-12,18,22-24,26,31-32H,13-16H2,1-2H3/p+1. The molecule has 0 saturated carbocycles. The number of aliphatic hydroxyl groups is 2. The van der Waals surface area contributed by atoms with E-state index in [1.165, 1.54) is 6.92 Å². The number of aliphatic hydroxyl groups excluding tert-OH is 2. The lowest BCUT2D eigenvalue weighted by Gasteiger charge is -2.38. The average Bonchev–Trinajstić information content (AvgIpc) is 3.17. The number of carbonyl (C=O) groups excluding carboxylic acids is 2. The first-order valence-electron chi connectivity index (χ1n) is 11.9. The second-order valence-electron chi connectivity index (χ2n) is 8.95. The Morgan fingerprint density at radius 3 is 2.22 bits per heavy atom. The third kappa shape index (κ3) is 7.14. The van der Waals surface area contributed by atoms with Gasteiger partial charge in [0.05, 0.1) is 18.2 Å². The van der Waals surface area contributed by atoms with Crippen molar-refractivity contribution in [1.82, 2.24) is 5.32 Å². The molecule has 2 aliphatic heterocycles. The molecule has 10 heteroatoms. The fraction of sp³-hybridized carbons (Fsp3) is 0.423. The van der Waals surface area contributed by atoms with Crippen LogP contribution in [0, 0.1) is 0 Å². The van der Waals surface area contributed by atoms with Gasteiger partial charge >= 0.3 is 0 Å². The zero-order chi connectivity index (χ0) is 25.7. The number of ether oxygens (including phenoxy) is 2. The molecule has 3 unspecified atom stereocenters. The van der Waals surface area contributed by atoms with Crippen molar-refractivity contribution in [2.24, 2.45) is 0 Å². The van der Waals surface area contributed by atoms with Crippen molar-refractivity contribution in [2.75, 3.05) is 23.7 Å². The molecule has 0 aliphatic carbocycles. The molecular formula is C26H32N3O6S+. The lowest BCUT2D eigenvalue weighted by Crippen LogP contribution is -2.57. The summed E-state index contributed by atoms with van der Waals surface area (Å²) >= 11 is 1.13. The summed E-state index contributed by atoms with van der Waals surface area (Å²) in [5, 5.41) is 22.3. The van der Waals surface area contributed by atoms with Gasteiger partial charge in [-0.3, -0.25) is 9.59 Å². The number of anilines is 1. The van der Waals surface area contributed by atoms with Crippen molar-refractivity contribution in [2.45, 2.75) is 51.2 Å². The van der Waals surface area contributed by atoms with Crippen molar-refractivity contribution in [3.63, 3.8) is 0 Å². The third-order valence-corrected chi connectivity index (χ3v) is 6.95. The fourth-order valence-electron chi connectivity index (χ4n) is 4.05. The quantitative estimate of drug-likeness (QED) is 0.428. The largest absolute Gasteiger partial charge is 0.389 e. The second-order valence-corrected chi connectivity index (χ2v) is 10.2. The molecule has 9 nitrogen and oxygen atoms in total. The minimum atomic E-state index is -0.710. The van der Waals surface area contributed by atoms with E-state index in [4.69, 9.17) is 9.47 Å². The molecule has 0 radical (unpaired) electrons. The van der Waals surface area contributed by atoms with Gasteiger partial charge in [0, 0.05) is 43.6 Å². The topological polar surface area (TPSA) is 112 Å². The van der Waals surface area contributed by atoms with Crippen molar-refractivity contribution in [3.8, 4) is 0 Å². The van der Waals surface area contributed by atoms with E-state index in [2.05, 4.69) is 5.32 Å². The number of nitrogens with one attached hydrogen (secondary N) is 1. The number of amides is 1. The van der Waals surface area contributed by atoms with Crippen LogP contribution < -0.4 is 14.8 Å². The Hall–Kier alpha value is -2.76. The number of rotatable bonds is 9. The summed E-state index contributed by atoms with van der Waals surface area (Å²) in [7, 11) is 0. The fourth-order valence-corrected chi connectivity index (χ4v) is 4.70. The highest BCUT2D eigenvalue weighted by molar-refractivity contribution is 8.13. The van der Waals surface area contributed by atoms with E-state index in [9.17, 15) is 19.8 Å². The molecule has 0 spiro atoms. The van der Waals surface area contributed by atoms with Gasteiger partial charge in [0.25, 0.3) is 5.91 Å². The van der Waals surface area contributed by atoms with E-state index in [0.29, 0.717) is 18.8 Å². The Balaban J connectivity index is 1.28. The van der Waals surface area contributed by atoms with Crippen LogP contribution in [0.25, 0.3) is 12.2 Å². The molecule has 3 heterocycles. The molecule has 1 aromatic heterocycles. The molecule has 3 N–H and O–H groups in total. The predicted molar refractivity (Wildman–Crippen MR) is 137 cm³/mol. The van der Waals surface area contributed by atoms with Crippen molar-refractivity contribution in [1.29, 1.82) is 0 Å². The molecule has 192 valence electrons. The number of benzene rings is 1. The Morgan fingerprint density at radius 1 is 1.08 bits per heavy atom. The molecule has 4 rings (SSSR count). The van der Waals surface area contributed by atoms with Gasteiger partial charge in [-0.05, 0) is 30.2 Å². The highest BCUT2D eigenvalue weighted by Crippen LogP contribution is 2.23. The van der Waals surface area contributed by atoms with Crippen LogP contribution in [0.3, 0.4) is 0 Å². The van der Waals surface area contributed by atoms with Gasteiger partial charge in [-0.25, -0.2) is 0 Å². The normalized spacial score (nSPS) is 24.5. The summed E-state index contributed by atoms with van der Waals surface area (Å²) in [6.07, 6.45) is 5.39. The summed E-state index contributed by atoms with van der Waals surface area (Å²) in [5.74, 6) is 0.192. The maximum Gasteiger partial charge on any atom is 0.286 e. The number of aromatic nitrogens is 1. The maximum atomic E-state index is 12.6. The van der Waals surface area contributed by atoms with Crippen LogP contribution in [0.5, 0.6) is 0 Å². The van der Waals surface area contributed by atoms with Gasteiger partial charge < -0.3 is 29.9 Å². The number of pyridine rings is 1. The van der Waals surface area contributed by atoms with Gasteiger partial charge in [0.2, 0.25) is 6.54 Å². The van der Waals surface area contributed by atoms with E-state index in [1.54, 1.807) is 11.5 Å². The van der Waals surface area contributed by atoms with Crippen LogP contribution in [-0.4, -0.2) is 70.9 Å². The summed E-state index contributed by atoms with van der Waals surface area (Å²) in [6.45, 7) is 4.26. The van der Waals surface area contributed by atoms with Gasteiger partial charge in [0.15, 0.2) is 30.1 Å². The molecule has 0 bridgehead atoms. The maximum absolute atomic E-state index is 12.6. The summed E-state index contributed by atoms with van der Waals surface area (Å²) in [5.41, 5.74) is 2.98. The minimum absolute atomic E-state index is 0.0261. The SMILES string of the molecule is CC(=O)SCC(NC(=O)C[n+]1ccc(/C=C/c2ccc(N3CC(O)C(O)C3)cc2)cc1)C1OC(C)O1. The first-order valence-corrected chi connectivity index (χ1v) is 12.9. The molecule has 1 amide bonds. The first kappa shape index (κ1) is 26.3. The molecule has 2 saturated heterocycles. The van der Waals surface area contributed by atoms with Crippen LogP contribution in [0.2, 0.25) is 0 Å². The van der Waals surface area contributed by atoms with Crippen molar-refractivity contribution < 1.29 is 33.8 Å². The Bertz CT molecular complexity index is 1060. The molecule has 2 aromatic rings. The first-order chi connectivity index (χ1) is 17.3. The van der Waals surface area contributed by atoms with Gasteiger partial charge in [-0.15, -0.1) is 0 Å².